The van der Waals surface area contributed by atoms with E-state index in [0.717, 1.165) is 39.1 Å². The highest BCUT2D eigenvalue weighted by molar-refractivity contribution is 6.05. The molecule has 8 nitrogen and oxygen atoms in total. The van der Waals surface area contributed by atoms with Gasteiger partial charge in [-0.25, -0.2) is 4.39 Å². The quantitative estimate of drug-likeness (QED) is 0.608. The molecule has 0 aliphatic carbocycles. The number of carbonyl (C=O) groups excluding carboxylic acids is 2. The topological polar surface area (TPSA) is 80.3 Å². The van der Waals surface area contributed by atoms with Crippen LogP contribution in [0.15, 0.2) is 42.5 Å². The van der Waals surface area contributed by atoms with Crippen LogP contribution in [0.4, 0.5) is 10.1 Å². The van der Waals surface area contributed by atoms with Crippen molar-refractivity contribution in [2.45, 2.75) is 38.8 Å². The molecule has 0 unspecified atom stereocenters. The lowest BCUT2D eigenvalue weighted by Gasteiger charge is -2.38. The van der Waals surface area contributed by atoms with Gasteiger partial charge >= 0.3 is 0 Å². The molecular formula is C30H40FN3O5. The maximum absolute atomic E-state index is 14.1. The van der Waals surface area contributed by atoms with Gasteiger partial charge in [0.25, 0.3) is 11.8 Å². The third kappa shape index (κ3) is 7.35. The van der Waals surface area contributed by atoms with Crippen LogP contribution in [0, 0.1) is 17.7 Å². The standard InChI is InChI=1S/C30H40FN3O5/c1-20-16-34(17-22-11-13-38-14-12-22)21(2)19-39-27-10-9-23(32-29(35)24-7-5-6-8-26(24)31)15-25(27)30(36)33(3)18-28(20)37-4/h5-10,15,20-22,28H,11-14,16-19H2,1-4H3,(H,32,35)/t20-,21+,28+/m0/s1. The van der Waals surface area contributed by atoms with E-state index in [1.54, 1.807) is 43.3 Å². The number of methoxy groups -OCH3 is 1. The van der Waals surface area contributed by atoms with E-state index in [4.69, 9.17) is 14.2 Å². The summed E-state index contributed by atoms with van der Waals surface area (Å²) < 4.78 is 31.8. The van der Waals surface area contributed by atoms with Crippen molar-refractivity contribution in [3.8, 4) is 5.75 Å². The van der Waals surface area contributed by atoms with Crippen LogP contribution in [0.3, 0.4) is 0 Å². The van der Waals surface area contributed by atoms with Crippen molar-refractivity contribution in [3.63, 3.8) is 0 Å². The number of nitrogens with zero attached hydrogens (tertiary/aromatic N) is 2. The van der Waals surface area contributed by atoms with Crippen LogP contribution in [0.25, 0.3) is 0 Å². The Labute approximate surface area is 230 Å². The third-order valence-electron chi connectivity index (χ3n) is 7.78. The van der Waals surface area contributed by atoms with Gasteiger partial charge in [-0.1, -0.05) is 19.1 Å². The molecule has 2 aromatic carbocycles. The van der Waals surface area contributed by atoms with E-state index in [1.807, 2.05) is 0 Å². The minimum absolute atomic E-state index is 0.0691. The highest BCUT2D eigenvalue weighted by Crippen LogP contribution is 2.27. The molecule has 2 aromatic rings. The molecule has 0 spiro atoms. The molecule has 1 N–H and O–H groups in total. The highest BCUT2D eigenvalue weighted by Gasteiger charge is 2.30. The number of anilines is 1. The van der Waals surface area contributed by atoms with Gasteiger partial charge in [0.05, 0.1) is 17.2 Å². The van der Waals surface area contributed by atoms with E-state index in [-0.39, 0.29) is 29.5 Å². The lowest BCUT2D eigenvalue weighted by Crippen LogP contribution is -2.48. The van der Waals surface area contributed by atoms with E-state index >= 15 is 0 Å². The second kappa shape index (κ2) is 13.4. The predicted molar refractivity (Wildman–Crippen MR) is 148 cm³/mol. The summed E-state index contributed by atoms with van der Waals surface area (Å²) in [6.07, 6.45) is 1.94. The number of rotatable bonds is 5. The first-order chi connectivity index (χ1) is 18.8. The van der Waals surface area contributed by atoms with Crippen LogP contribution in [-0.4, -0.2) is 87.4 Å². The molecule has 3 atom stereocenters. The Morgan fingerprint density at radius 3 is 2.59 bits per heavy atom. The van der Waals surface area contributed by atoms with Crippen LogP contribution >= 0.6 is 0 Å². The maximum Gasteiger partial charge on any atom is 0.258 e. The average molecular weight is 542 g/mol. The number of fused-ring (bicyclic) bond motifs is 1. The number of ether oxygens (including phenoxy) is 3. The number of hydrogen-bond donors (Lipinski definition) is 1. The lowest BCUT2D eigenvalue weighted by atomic mass is 9.96. The summed E-state index contributed by atoms with van der Waals surface area (Å²) in [7, 11) is 3.43. The molecule has 212 valence electrons. The molecule has 2 amide bonds. The molecule has 39 heavy (non-hydrogen) atoms. The smallest absolute Gasteiger partial charge is 0.258 e. The molecule has 1 fully saturated rings. The zero-order valence-electron chi connectivity index (χ0n) is 23.3. The number of halogens is 1. The van der Waals surface area contributed by atoms with E-state index in [9.17, 15) is 14.0 Å². The number of carbonyl (C=O) groups is 2. The molecule has 0 saturated carbocycles. The van der Waals surface area contributed by atoms with Gasteiger partial charge in [0.2, 0.25) is 0 Å². The fourth-order valence-corrected chi connectivity index (χ4v) is 5.29. The van der Waals surface area contributed by atoms with Crippen LogP contribution in [0.5, 0.6) is 5.75 Å². The van der Waals surface area contributed by atoms with Gasteiger partial charge in [0.15, 0.2) is 0 Å². The molecule has 1 saturated heterocycles. The van der Waals surface area contributed by atoms with Crippen LogP contribution in [0.1, 0.15) is 47.4 Å². The Morgan fingerprint density at radius 1 is 1.13 bits per heavy atom. The van der Waals surface area contributed by atoms with Crippen LogP contribution < -0.4 is 10.1 Å². The van der Waals surface area contributed by atoms with Gasteiger partial charge in [-0.15, -0.1) is 0 Å². The summed E-state index contributed by atoms with van der Waals surface area (Å²) in [6, 6.07) is 10.8. The monoisotopic (exact) mass is 541 g/mol. The van der Waals surface area contributed by atoms with E-state index in [2.05, 4.69) is 24.1 Å². The lowest BCUT2D eigenvalue weighted by molar-refractivity contribution is 0.0000222. The third-order valence-corrected chi connectivity index (χ3v) is 7.78. The maximum atomic E-state index is 14.1. The van der Waals surface area contributed by atoms with Crippen LogP contribution in [-0.2, 0) is 9.47 Å². The summed E-state index contributed by atoms with van der Waals surface area (Å²) >= 11 is 0. The molecule has 0 radical (unpaired) electrons. The van der Waals surface area contributed by atoms with Crippen molar-refractivity contribution >= 4 is 17.5 Å². The minimum atomic E-state index is -0.612. The van der Waals surface area contributed by atoms with Gasteiger partial charge < -0.3 is 24.4 Å². The van der Waals surface area contributed by atoms with Crippen molar-refractivity contribution < 1.29 is 28.2 Å². The van der Waals surface area contributed by atoms with E-state index in [1.165, 1.54) is 18.2 Å². The van der Waals surface area contributed by atoms with Crippen molar-refractivity contribution in [1.82, 2.24) is 9.80 Å². The predicted octanol–water partition coefficient (Wildman–Crippen LogP) is 4.31. The Kier molecular flexibility index (Phi) is 9.94. The Bertz CT molecular complexity index is 1140. The second-order valence-corrected chi connectivity index (χ2v) is 10.8. The molecule has 0 aromatic heterocycles. The molecule has 4 rings (SSSR count). The van der Waals surface area contributed by atoms with Gasteiger partial charge in [-0.2, -0.15) is 0 Å². The number of nitrogens with one attached hydrogen (secondary N) is 1. The molecule has 2 heterocycles. The zero-order chi connectivity index (χ0) is 27.9. The minimum Gasteiger partial charge on any atom is -0.491 e. The summed E-state index contributed by atoms with van der Waals surface area (Å²) in [4.78, 5) is 30.4. The first-order valence-electron chi connectivity index (χ1n) is 13.7. The SMILES string of the molecule is CO[C@@H]1CN(C)C(=O)c2cc(NC(=O)c3ccccc3F)ccc2OC[C@@H](C)N(CC2CCOCC2)C[C@@H]1C. The zero-order valence-corrected chi connectivity index (χ0v) is 23.3. The Hall–Kier alpha value is -3.01. The van der Waals surface area contributed by atoms with Gasteiger partial charge in [0.1, 0.15) is 18.2 Å². The number of benzene rings is 2. The molecule has 2 aliphatic rings. The molecule has 9 heteroatoms. The van der Waals surface area contributed by atoms with E-state index < -0.39 is 11.7 Å². The summed E-state index contributed by atoms with van der Waals surface area (Å²) in [6.45, 7) is 8.50. The van der Waals surface area contributed by atoms with Crippen molar-refractivity contribution in [3.05, 3.63) is 59.4 Å². The Morgan fingerprint density at radius 2 is 1.87 bits per heavy atom. The van der Waals surface area contributed by atoms with Gasteiger partial charge in [-0.05, 0) is 61.9 Å². The number of hydrogen-bond acceptors (Lipinski definition) is 6. The van der Waals surface area contributed by atoms with E-state index in [0.29, 0.717) is 36.1 Å². The first kappa shape index (κ1) is 29.0. The largest absolute Gasteiger partial charge is 0.491 e. The molecule has 2 aliphatic heterocycles. The Balaban J connectivity index is 1.60. The van der Waals surface area contributed by atoms with Crippen molar-refractivity contribution in [2.24, 2.45) is 11.8 Å². The number of amides is 2. The summed E-state index contributed by atoms with van der Waals surface area (Å²) in [5, 5.41) is 2.71. The summed E-state index contributed by atoms with van der Waals surface area (Å²) in [5.74, 6) is -0.255. The molecular weight excluding hydrogens is 501 g/mol. The van der Waals surface area contributed by atoms with Gasteiger partial charge in [-0.3, -0.25) is 14.5 Å². The number of likely N-dealkylation sites (N-methyl/N-ethyl adjacent to an activating group) is 1. The second-order valence-electron chi connectivity index (χ2n) is 10.8. The van der Waals surface area contributed by atoms with Crippen molar-refractivity contribution in [1.29, 1.82) is 0 Å². The van der Waals surface area contributed by atoms with Crippen LogP contribution in [0.2, 0.25) is 0 Å². The van der Waals surface area contributed by atoms with Crippen molar-refractivity contribution in [2.75, 3.05) is 58.9 Å². The van der Waals surface area contributed by atoms with Gasteiger partial charge in [0, 0.05) is 58.7 Å². The average Bonchev–Trinajstić information content (AvgIpc) is 2.94. The fourth-order valence-electron chi connectivity index (χ4n) is 5.29. The summed E-state index contributed by atoms with van der Waals surface area (Å²) in [5.41, 5.74) is 0.640. The fraction of sp³-hybridized carbons (Fsp3) is 0.533. The molecule has 0 bridgehead atoms. The first-order valence-corrected chi connectivity index (χ1v) is 13.7. The highest BCUT2D eigenvalue weighted by atomic mass is 19.1. The normalized spacial score (nSPS) is 23.8.